The van der Waals surface area contributed by atoms with Crippen LogP contribution in [0.5, 0.6) is 0 Å². The summed E-state index contributed by atoms with van der Waals surface area (Å²) in [7, 11) is 0. The van der Waals surface area contributed by atoms with Crippen molar-refractivity contribution in [3.8, 4) is 0 Å². The lowest BCUT2D eigenvalue weighted by Crippen LogP contribution is -2.31. The molecule has 4 rings (SSSR count). The predicted molar refractivity (Wildman–Crippen MR) is 110 cm³/mol. The van der Waals surface area contributed by atoms with Gasteiger partial charge in [0.25, 0.3) is 0 Å². The van der Waals surface area contributed by atoms with E-state index < -0.39 is 0 Å². The summed E-state index contributed by atoms with van der Waals surface area (Å²) in [5.74, 6) is -0.463. The molecule has 0 aliphatic rings. The number of hydrogen-bond donors (Lipinski definition) is 0. The number of hydrogen-bond acceptors (Lipinski definition) is 4. The quantitative estimate of drug-likeness (QED) is 0.450. The van der Waals surface area contributed by atoms with Crippen LogP contribution >= 0.6 is 22.9 Å². The number of thiazole rings is 1. The number of anilines is 1. The lowest BCUT2D eigenvalue weighted by Gasteiger charge is -2.20. The number of aromatic nitrogens is 2. The van der Waals surface area contributed by atoms with E-state index in [1.165, 1.54) is 23.5 Å². The molecule has 1 amide bonds. The molecule has 0 N–H and O–H groups in total. The lowest BCUT2D eigenvalue weighted by atomic mass is 10.1. The van der Waals surface area contributed by atoms with Gasteiger partial charge in [-0.15, -0.1) is 0 Å². The number of para-hydroxylation sites is 1. The molecular formula is C21H15ClFN3OS. The van der Waals surface area contributed by atoms with Crippen molar-refractivity contribution in [1.29, 1.82) is 0 Å². The maximum Gasteiger partial charge on any atom is 0.233 e. The molecule has 4 aromatic rings. The van der Waals surface area contributed by atoms with Crippen molar-refractivity contribution in [2.24, 2.45) is 0 Å². The zero-order valence-corrected chi connectivity index (χ0v) is 16.3. The Labute approximate surface area is 170 Å². The topological polar surface area (TPSA) is 46.1 Å². The van der Waals surface area contributed by atoms with Crippen molar-refractivity contribution in [1.82, 2.24) is 9.97 Å². The van der Waals surface area contributed by atoms with Crippen molar-refractivity contribution in [3.63, 3.8) is 0 Å². The first-order chi connectivity index (χ1) is 13.6. The van der Waals surface area contributed by atoms with Gasteiger partial charge in [-0.3, -0.25) is 14.7 Å². The smallest absolute Gasteiger partial charge is 0.233 e. The van der Waals surface area contributed by atoms with E-state index in [-0.39, 0.29) is 18.1 Å². The highest BCUT2D eigenvalue weighted by Gasteiger charge is 2.21. The number of fused-ring (bicyclic) bond motifs is 1. The van der Waals surface area contributed by atoms with Crippen LogP contribution in [-0.4, -0.2) is 15.9 Å². The summed E-state index contributed by atoms with van der Waals surface area (Å²) in [6.45, 7) is 0.339. The van der Waals surface area contributed by atoms with Gasteiger partial charge in [-0.1, -0.05) is 47.2 Å². The summed E-state index contributed by atoms with van der Waals surface area (Å²) in [6, 6.07) is 15.2. The Morgan fingerprint density at radius 1 is 1.07 bits per heavy atom. The monoisotopic (exact) mass is 411 g/mol. The number of carbonyl (C=O) groups excluding carboxylic acids is 1. The van der Waals surface area contributed by atoms with Gasteiger partial charge in [0.2, 0.25) is 5.91 Å². The molecule has 2 aromatic heterocycles. The van der Waals surface area contributed by atoms with E-state index in [4.69, 9.17) is 11.6 Å². The molecule has 2 heterocycles. The highest BCUT2D eigenvalue weighted by Crippen LogP contribution is 2.33. The van der Waals surface area contributed by atoms with Crippen LogP contribution in [0.15, 0.2) is 67.0 Å². The molecule has 0 atom stereocenters. The molecule has 2 aromatic carbocycles. The second-order valence-electron chi connectivity index (χ2n) is 6.23. The molecule has 0 unspecified atom stereocenters. The first-order valence-corrected chi connectivity index (χ1v) is 9.78. The molecule has 0 aliphatic carbocycles. The summed E-state index contributed by atoms with van der Waals surface area (Å²) < 4.78 is 14.1. The predicted octanol–water partition coefficient (Wildman–Crippen LogP) is 5.26. The molecule has 0 radical (unpaired) electrons. The number of amides is 1. The molecule has 0 aliphatic heterocycles. The van der Waals surface area contributed by atoms with Gasteiger partial charge >= 0.3 is 0 Å². The average Bonchev–Trinajstić information content (AvgIpc) is 3.14. The van der Waals surface area contributed by atoms with Gasteiger partial charge in [0, 0.05) is 12.4 Å². The second kappa shape index (κ2) is 8.04. The second-order valence-corrected chi connectivity index (χ2v) is 7.64. The number of halogens is 2. The number of benzene rings is 2. The largest absolute Gasteiger partial charge is 0.283 e. The molecule has 7 heteroatoms. The molecule has 0 spiro atoms. The highest BCUT2D eigenvalue weighted by atomic mass is 35.5. The van der Waals surface area contributed by atoms with Crippen molar-refractivity contribution in [2.45, 2.75) is 13.0 Å². The molecule has 140 valence electrons. The third-order valence-corrected chi connectivity index (χ3v) is 5.57. The number of rotatable bonds is 5. The van der Waals surface area contributed by atoms with Gasteiger partial charge < -0.3 is 0 Å². The van der Waals surface area contributed by atoms with Crippen LogP contribution in [0.2, 0.25) is 5.02 Å². The van der Waals surface area contributed by atoms with Crippen LogP contribution in [0.4, 0.5) is 9.52 Å². The highest BCUT2D eigenvalue weighted by molar-refractivity contribution is 7.22. The number of pyridine rings is 1. The van der Waals surface area contributed by atoms with E-state index in [1.54, 1.807) is 35.5 Å². The van der Waals surface area contributed by atoms with Gasteiger partial charge in [-0.05, 0) is 41.5 Å². The van der Waals surface area contributed by atoms with Crippen LogP contribution in [0.25, 0.3) is 10.2 Å². The van der Waals surface area contributed by atoms with Crippen LogP contribution in [-0.2, 0) is 17.8 Å². The maximum atomic E-state index is 13.2. The van der Waals surface area contributed by atoms with E-state index in [0.717, 1.165) is 15.8 Å². The molecule has 0 saturated heterocycles. The van der Waals surface area contributed by atoms with Crippen LogP contribution in [0.3, 0.4) is 0 Å². The molecule has 28 heavy (non-hydrogen) atoms. The lowest BCUT2D eigenvalue weighted by molar-refractivity contribution is -0.118. The SMILES string of the molecule is O=C(Cc1ccc(F)cc1)N(Cc1cccnc1)c1nc2c(Cl)cccc2s1. The van der Waals surface area contributed by atoms with Crippen LogP contribution in [0.1, 0.15) is 11.1 Å². The van der Waals surface area contributed by atoms with Crippen molar-refractivity contribution in [2.75, 3.05) is 4.90 Å². The Kier molecular flexibility index (Phi) is 5.32. The average molecular weight is 412 g/mol. The number of nitrogens with zero attached hydrogens (tertiary/aromatic N) is 3. The summed E-state index contributed by atoms with van der Waals surface area (Å²) in [4.78, 5) is 23.5. The minimum absolute atomic E-state index is 0.134. The van der Waals surface area contributed by atoms with Crippen molar-refractivity contribution >= 4 is 44.2 Å². The Balaban J connectivity index is 1.69. The molecular weight excluding hydrogens is 397 g/mol. The number of carbonyl (C=O) groups is 1. The fourth-order valence-electron chi connectivity index (χ4n) is 2.83. The Bertz CT molecular complexity index is 1120. The van der Waals surface area contributed by atoms with E-state index in [2.05, 4.69) is 9.97 Å². The van der Waals surface area contributed by atoms with Crippen LogP contribution in [0, 0.1) is 5.82 Å². The maximum absolute atomic E-state index is 13.2. The van der Waals surface area contributed by atoms with Crippen molar-refractivity contribution < 1.29 is 9.18 Å². The molecule has 4 nitrogen and oxygen atoms in total. The van der Waals surface area contributed by atoms with Crippen molar-refractivity contribution in [3.05, 3.63) is 89.0 Å². The Hall–Kier alpha value is -2.83. The third-order valence-electron chi connectivity index (χ3n) is 4.22. The summed E-state index contributed by atoms with van der Waals surface area (Å²) in [5.41, 5.74) is 2.30. The van der Waals surface area contributed by atoms with Gasteiger partial charge in [-0.25, -0.2) is 9.37 Å². The Morgan fingerprint density at radius 2 is 1.89 bits per heavy atom. The van der Waals surface area contributed by atoms with E-state index >= 15 is 0 Å². The summed E-state index contributed by atoms with van der Waals surface area (Å²) >= 11 is 7.66. The third kappa shape index (κ3) is 4.03. The van der Waals surface area contributed by atoms with E-state index in [9.17, 15) is 9.18 Å². The van der Waals surface area contributed by atoms with E-state index in [1.807, 2.05) is 24.3 Å². The molecule has 0 saturated carbocycles. The minimum Gasteiger partial charge on any atom is -0.283 e. The summed E-state index contributed by atoms with van der Waals surface area (Å²) in [6.07, 6.45) is 3.55. The molecule has 0 bridgehead atoms. The molecule has 0 fully saturated rings. The van der Waals surface area contributed by atoms with Gasteiger partial charge in [-0.2, -0.15) is 0 Å². The first kappa shape index (κ1) is 18.5. The fraction of sp³-hybridized carbons (Fsp3) is 0.0952. The van der Waals surface area contributed by atoms with E-state index in [0.29, 0.717) is 22.2 Å². The first-order valence-electron chi connectivity index (χ1n) is 8.59. The Morgan fingerprint density at radius 3 is 2.61 bits per heavy atom. The summed E-state index contributed by atoms with van der Waals surface area (Å²) in [5, 5.41) is 1.12. The zero-order chi connectivity index (χ0) is 19.5. The fourth-order valence-corrected chi connectivity index (χ4v) is 4.11. The van der Waals surface area contributed by atoms with Gasteiger partial charge in [0.15, 0.2) is 5.13 Å². The zero-order valence-electron chi connectivity index (χ0n) is 14.7. The standard InChI is InChI=1S/C21H15ClFN3OS/c22-17-4-1-5-18-20(17)25-21(28-18)26(13-15-3-2-10-24-12-15)19(27)11-14-6-8-16(23)9-7-14/h1-10,12H,11,13H2. The van der Waals surface area contributed by atoms with Gasteiger partial charge in [0.05, 0.1) is 22.7 Å². The minimum atomic E-state index is -0.329. The van der Waals surface area contributed by atoms with Gasteiger partial charge in [0.1, 0.15) is 11.3 Å². The van der Waals surface area contributed by atoms with Crippen LogP contribution < -0.4 is 4.90 Å². The normalized spacial score (nSPS) is 10.9.